The van der Waals surface area contributed by atoms with E-state index in [0.29, 0.717) is 13.2 Å². The van der Waals surface area contributed by atoms with Gasteiger partial charge in [0.2, 0.25) is 0 Å². The second-order valence-electron chi connectivity index (χ2n) is 5.20. The van der Waals surface area contributed by atoms with Crippen molar-refractivity contribution in [3.63, 3.8) is 0 Å². The number of nitrogens with zero attached hydrogens (tertiary/aromatic N) is 2. The molecule has 2 aromatic carbocycles. The number of rotatable bonds is 7. The molecule has 0 atom stereocenters. The summed E-state index contributed by atoms with van der Waals surface area (Å²) in [6, 6.07) is 15.5. The summed E-state index contributed by atoms with van der Waals surface area (Å²) in [4.78, 5) is 9.34. The molecule has 0 saturated carbocycles. The van der Waals surface area contributed by atoms with Gasteiger partial charge in [0.25, 0.3) is 0 Å². The highest BCUT2D eigenvalue weighted by Gasteiger charge is 2.06. The zero-order valence-electron chi connectivity index (χ0n) is 14.7. The minimum atomic E-state index is 0.611. The predicted octanol–water partition coefficient (Wildman–Crippen LogP) is 5.37. The molecule has 0 radical (unpaired) electrons. The first-order valence-electron chi connectivity index (χ1n) is 8.20. The van der Waals surface area contributed by atoms with Crippen molar-refractivity contribution in [2.24, 2.45) is 9.98 Å². The van der Waals surface area contributed by atoms with Crippen molar-refractivity contribution in [3.05, 3.63) is 48.5 Å². The number of hydrogen-bond donors (Lipinski definition) is 0. The molecule has 0 heterocycles. The van der Waals surface area contributed by atoms with Crippen molar-refractivity contribution in [1.82, 2.24) is 0 Å². The van der Waals surface area contributed by atoms with Crippen LogP contribution >= 0.6 is 0 Å². The van der Waals surface area contributed by atoms with E-state index in [4.69, 9.17) is 9.47 Å². The average molecular weight is 324 g/mol. The van der Waals surface area contributed by atoms with Gasteiger partial charge >= 0.3 is 0 Å². The molecular weight excluding hydrogens is 300 g/mol. The number of para-hydroxylation sites is 4. The fourth-order valence-corrected chi connectivity index (χ4v) is 2.18. The molecule has 0 aliphatic rings. The van der Waals surface area contributed by atoms with Gasteiger partial charge in [-0.25, -0.2) is 9.98 Å². The third-order valence-corrected chi connectivity index (χ3v) is 3.43. The van der Waals surface area contributed by atoms with Crippen molar-refractivity contribution in [2.75, 3.05) is 13.2 Å². The molecule has 0 saturated heterocycles. The maximum absolute atomic E-state index is 5.62. The molecule has 0 aliphatic heterocycles. The lowest BCUT2D eigenvalue weighted by molar-refractivity contribution is 0.341. The maximum Gasteiger partial charge on any atom is 0.144 e. The summed E-state index contributed by atoms with van der Waals surface area (Å²) in [5.41, 5.74) is 3.30. The Morgan fingerprint density at radius 1 is 0.708 bits per heavy atom. The first-order valence-corrected chi connectivity index (χ1v) is 8.20. The van der Waals surface area contributed by atoms with Crippen LogP contribution in [-0.4, -0.2) is 24.6 Å². The Bertz CT molecular complexity index is 672. The molecule has 4 heteroatoms. The van der Waals surface area contributed by atoms with Crippen molar-refractivity contribution in [3.8, 4) is 11.5 Å². The average Bonchev–Trinajstić information content (AvgIpc) is 2.58. The van der Waals surface area contributed by atoms with Gasteiger partial charge in [0.15, 0.2) is 0 Å². The highest BCUT2D eigenvalue weighted by molar-refractivity contribution is 6.41. The van der Waals surface area contributed by atoms with Crippen LogP contribution in [0.5, 0.6) is 11.5 Å². The van der Waals surface area contributed by atoms with Gasteiger partial charge < -0.3 is 9.47 Å². The van der Waals surface area contributed by atoms with Gasteiger partial charge in [-0.3, -0.25) is 0 Å². The SMILES string of the molecule is CCOc1ccccc1N=C(C)C(C)=Nc1ccccc1OCC. The number of benzene rings is 2. The zero-order valence-corrected chi connectivity index (χ0v) is 14.7. The van der Waals surface area contributed by atoms with Crippen LogP contribution in [0.25, 0.3) is 0 Å². The molecule has 0 bridgehead atoms. The van der Waals surface area contributed by atoms with Crippen LogP contribution in [0.2, 0.25) is 0 Å². The van der Waals surface area contributed by atoms with Crippen LogP contribution < -0.4 is 9.47 Å². The molecule has 4 nitrogen and oxygen atoms in total. The van der Waals surface area contributed by atoms with E-state index in [1.807, 2.05) is 76.2 Å². The molecule has 0 aliphatic carbocycles. The van der Waals surface area contributed by atoms with E-state index in [0.717, 1.165) is 34.3 Å². The number of aliphatic imine (C=N–C) groups is 2. The standard InChI is InChI=1S/C20H24N2O2/c1-5-23-19-13-9-7-11-17(19)21-15(3)16(4)22-18-12-8-10-14-20(18)24-6-2/h7-14H,5-6H2,1-4H3. The lowest BCUT2D eigenvalue weighted by atomic mass is 10.2. The van der Waals surface area contributed by atoms with E-state index in [-0.39, 0.29) is 0 Å². The van der Waals surface area contributed by atoms with Crippen LogP contribution in [0.4, 0.5) is 11.4 Å². The largest absolute Gasteiger partial charge is 0.492 e. The molecule has 0 aromatic heterocycles. The van der Waals surface area contributed by atoms with Gasteiger partial charge in [0, 0.05) is 0 Å². The summed E-state index contributed by atoms with van der Waals surface area (Å²) < 4.78 is 11.2. The molecule has 0 spiro atoms. The van der Waals surface area contributed by atoms with Gasteiger partial charge in [-0.15, -0.1) is 0 Å². The van der Waals surface area contributed by atoms with E-state index in [2.05, 4.69) is 9.98 Å². The summed E-state index contributed by atoms with van der Waals surface area (Å²) in [6.45, 7) is 9.05. The molecule has 24 heavy (non-hydrogen) atoms. The van der Waals surface area contributed by atoms with E-state index >= 15 is 0 Å². The Morgan fingerprint density at radius 3 is 1.46 bits per heavy atom. The Hall–Kier alpha value is -2.62. The Labute approximate surface area is 143 Å². The third-order valence-electron chi connectivity index (χ3n) is 3.43. The van der Waals surface area contributed by atoms with Crippen molar-refractivity contribution in [2.45, 2.75) is 27.7 Å². The smallest absolute Gasteiger partial charge is 0.144 e. The van der Waals surface area contributed by atoms with Gasteiger partial charge in [0.05, 0.1) is 24.6 Å². The van der Waals surface area contributed by atoms with Crippen molar-refractivity contribution < 1.29 is 9.47 Å². The van der Waals surface area contributed by atoms with Gasteiger partial charge in [-0.2, -0.15) is 0 Å². The van der Waals surface area contributed by atoms with E-state index in [9.17, 15) is 0 Å². The normalized spacial score (nSPS) is 12.2. The fraction of sp³-hybridized carbons (Fsp3) is 0.300. The topological polar surface area (TPSA) is 43.2 Å². The number of ether oxygens (including phenoxy) is 2. The lowest BCUT2D eigenvalue weighted by Gasteiger charge is -2.09. The molecule has 0 amide bonds. The minimum absolute atomic E-state index is 0.611. The molecule has 126 valence electrons. The highest BCUT2D eigenvalue weighted by atomic mass is 16.5. The Morgan fingerprint density at radius 2 is 1.08 bits per heavy atom. The van der Waals surface area contributed by atoms with Gasteiger partial charge in [-0.05, 0) is 52.0 Å². The second-order valence-corrected chi connectivity index (χ2v) is 5.20. The van der Waals surface area contributed by atoms with Crippen LogP contribution in [0.1, 0.15) is 27.7 Å². The van der Waals surface area contributed by atoms with Crippen LogP contribution in [0.15, 0.2) is 58.5 Å². The van der Waals surface area contributed by atoms with Crippen LogP contribution in [-0.2, 0) is 0 Å². The summed E-state index contributed by atoms with van der Waals surface area (Å²) >= 11 is 0. The van der Waals surface area contributed by atoms with Gasteiger partial charge in [0.1, 0.15) is 22.9 Å². The zero-order chi connectivity index (χ0) is 17.4. The Kier molecular flexibility index (Phi) is 6.55. The first kappa shape index (κ1) is 17.7. The van der Waals surface area contributed by atoms with Crippen LogP contribution in [0.3, 0.4) is 0 Å². The second kappa shape index (κ2) is 8.87. The van der Waals surface area contributed by atoms with E-state index < -0.39 is 0 Å². The maximum atomic E-state index is 5.62. The first-order chi connectivity index (χ1) is 11.7. The summed E-state index contributed by atoms with van der Waals surface area (Å²) in [7, 11) is 0. The highest BCUT2D eigenvalue weighted by Crippen LogP contribution is 2.29. The molecule has 2 rings (SSSR count). The predicted molar refractivity (Wildman–Crippen MR) is 101 cm³/mol. The fourth-order valence-electron chi connectivity index (χ4n) is 2.18. The number of hydrogen-bond acceptors (Lipinski definition) is 4. The van der Waals surface area contributed by atoms with Crippen LogP contribution in [0, 0.1) is 0 Å². The monoisotopic (exact) mass is 324 g/mol. The lowest BCUT2D eigenvalue weighted by Crippen LogP contribution is -2.05. The quantitative estimate of drug-likeness (QED) is 0.643. The van der Waals surface area contributed by atoms with Crippen molar-refractivity contribution >= 4 is 22.8 Å². The summed E-state index contributed by atoms with van der Waals surface area (Å²) in [6.07, 6.45) is 0. The van der Waals surface area contributed by atoms with E-state index in [1.165, 1.54) is 0 Å². The Balaban J connectivity index is 2.31. The van der Waals surface area contributed by atoms with Gasteiger partial charge in [-0.1, -0.05) is 24.3 Å². The van der Waals surface area contributed by atoms with Crippen molar-refractivity contribution in [1.29, 1.82) is 0 Å². The van der Waals surface area contributed by atoms with E-state index in [1.54, 1.807) is 0 Å². The molecule has 0 unspecified atom stereocenters. The third kappa shape index (κ3) is 4.69. The molecule has 0 N–H and O–H groups in total. The summed E-state index contributed by atoms with van der Waals surface area (Å²) in [5, 5.41) is 0. The molecule has 2 aromatic rings. The molecule has 0 fully saturated rings. The minimum Gasteiger partial charge on any atom is -0.492 e. The summed E-state index contributed by atoms with van der Waals surface area (Å²) in [5.74, 6) is 1.56. The molecular formula is C20H24N2O2.